The van der Waals surface area contributed by atoms with E-state index in [0.29, 0.717) is 22.9 Å². The van der Waals surface area contributed by atoms with Gasteiger partial charge in [-0.3, -0.25) is 4.79 Å². The highest BCUT2D eigenvalue weighted by Gasteiger charge is 2.11. The van der Waals surface area contributed by atoms with Gasteiger partial charge in [0.25, 0.3) is 0 Å². The van der Waals surface area contributed by atoms with E-state index in [0.717, 1.165) is 20.9 Å². The number of aromatic nitrogens is 2. The number of hydrogen-bond donors (Lipinski definition) is 1. The summed E-state index contributed by atoms with van der Waals surface area (Å²) in [4.78, 5) is 21.5. The van der Waals surface area contributed by atoms with Crippen molar-refractivity contribution in [3.8, 4) is 20.9 Å². The molecule has 0 aliphatic heterocycles. The van der Waals surface area contributed by atoms with Crippen LogP contribution in [0.3, 0.4) is 0 Å². The standard InChI is InChI=1S/C12H12FNOS.C12H10FNOS/c2*1-2-10(15)12-14-7-11(16-12)8-3-5-9(13)6-4-8/h3-7,10,15H,2H2,1H3;3-7H,2H2,1H3. The van der Waals surface area contributed by atoms with Crippen molar-refractivity contribution in [1.82, 2.24) is 9.97 Å². The first kappa shape index (κ1) is 23.8. The number of carbonyl (C=O) groups is 1. The molecule has 1 unspecified atom stereocenters. The van der Waals surface area contributed by atoms with Crippen LogP contribution in [-0.2, 0) is 0 Å². The summed E-state index contributed by atoms with van der Waals surface area (Å²) in [6, 6.07) is 12.4. The number of aliphatic hydroxyl groups is 1. The maximum atomic E-state index is 12.7. The Hall–Kier alpha value is -2.81. The number of carbonyl (C=O) groups excluding carboxylic acids is 1. The summed E-state index contributed by atoms with van der Waals surface area (Å²) in [5, 5.41) is 10.8. The van der Waals surface area contributed by atoms with Crippen LogP contribution in [0.2, 0.25) is 0 Å². The number of aliphatic hydroxyl groups excluding tert-OH is 1. The van der Waals surface area contributed by atoms with Gasteiger partial charge in [0.2, 0.25) is 0 Å². The minimum absolute atomic E-state index is 0.0401. The molecule has 0 amide bonds. The third-order valence-corrected chi connectivity index (χ3v) is 6.75. The molecule has 0 saturated heterocycles. The maximum absolute atomic E-state index is 12.7. The smallest absolute Gasteiger partial charge is 0.191 e. The molecule has 4 rings (SSSR count). The van der Waals surface area contributed by atoms with Crippen molar-refractivity contribution < 1.29 is 18.7 Å². The molecule has 0 aliphatic rings. The van der Waals surface area contributed by atoms with Crippen molar-refractivity contribution in [3.05, 3.63) is 82.6 Å². The van der Waals surface area contributed by atoms with E-state index in [1.807, 2.05) is 6.92 Å². The first-order valence-electron chi connectivity index (χ1n) is 10.1. The van der Waals surface area contributed by atoms with Crippen molar-refractivity contribution >= 4 is 28.5 Å². The first-order chi connectivity index (χ1) is 15.4. The molecule has 4 aromatic rings. The molecule has 0 aliphatic carbocycles. The molecule has 4 nitrogen and oxygen atoms in total. The van der Waals surface area contributed by atoms with Gasteiger partial charge in [-0.15, -0.1) is 22.7 Å². The van der Waals surface area contributed by atoms with E-state index in [1.54, 1.807) is 43.6 Å². The molecule has 2 aromatic carbocycles. The Morgan fingerprint density at radius 1 is 0.875 bits per heavy atom. The molecule has 2 heterocycles. The maximum Gasteiger partial charge on any atom is 0.191 e. The van der Waals surface area contributed by atoms with Crippen LogP contribution < -0.4 is 0 Å². The zero-order valence-corrected chi connectivity index (χ0v) is 19.2. The number of benzene rings is 2. The van der Waals surface area contributed by atoms with Gasteiger partial charge < -0.3 is 5.11 Å². The monoisotopic (exact) mass is 472 g/mol. The number of hydrogen-bond acceptors (Lipinski definition) is 6. The van der Waals surface area contributed by atoms with Gasteiger partial charge in [0.15, 0.2) is 10.8 Å². The van der Waals surface area contributed by atoms with E-state index in [2.05, 4.69) is 9.97 Å². The summed E-state index contributed by atoms with van der Waals surface area (Å²) in [5.41, 5.74) is 1.81. The van der Waals surface area contributed by atoms with Gasteiger partial charge >= 0.3 is 0 Å². The fraction of sp³-hybridized carbons (Fsp3) is 0.208. The van der Waals surface area contributed by atoms with E-state index in [1.165, 1.54) is 46.9 Å². The Morgan fingerprint density at radius 2 is 1.38 bits per heavy atom. The van der Waals surface area contributed by atoms with Crippen LogP contribution in [0.15, 0.2) is 60.9 Å². The van der Waals surface area contributed by atoms with Crippen LogP contribution in [0.5, 0.6) is 0 Å². The lowest BCUT2D eigenvalue weighted by atomic mass is 10.2. The van der Waals surface area contributed by atoms with Crippen molar-refractivity contribution in [2.75, 3.05) is 0 Å². The molecule has 0 fully saturated rings. The quantitative estimate of drug-likeness (QED) is 0.309. The number of halogens is 2. The minimum Gasteiger partial charge on any atom is -0.386 e. The van der Waals surface area contributed by atoms with Gasteiger partial charge in [0, 0.05) is 18.8 Å². The predicted octanol–water partition coefficient (Wildman–Crippen LogP) is 6.93. The van der Waals surface area contributed by atoms with Gasteiger partial charge in [0.1, 0.15) is 22.7 Å². The molecule has 8 heteroatoms. The second-order valence-corrected chi connectivity index (χ2v) is 8.90. The fourth-order valence-electron chi connectivity index (χ4n) is 2.67. The fourth-order valence-corrected chi connectivity index (χ4v) is 4.59. The van der Waals surface area contributed by atoms with E-state index >= 15 is 0 Å². The molecule has 2 aromatic heterocycles. The van der Waals surface area contributed by atoms with E-state index in [4.69, 9.17) is 0 Å². The summed E-state index contributed by atoms with van der Waals surface area (Å²) in [7, 11) is 0. The number of nitrogens with zero attached hydrogens (tertiary/aromatic N) is 2. The largest absolute Gasteiger partial charge is 0.386 e. The average Bonchev–Trinajstić information content (AvgIpc) is 3.50. The number of Topliss-reactive ketones (excluding diaryl/α,β-unsaturated/α-hetero) is 1. The molecule has 0 radical (unpaired) electrons. The molecule has 1 atom stereocenters. The summed E-state index contributed by atoms with van der Waals surface area (Å²) < 4.78 is 25.5. The molecule has 0 spiro atoms. The molecule has 166 valence electrons. The van der Waals surface area contributed by atoms with Gasteiger partial charge in [-0.25, -0.2) is 18.7 Å². The van der Waals surface area contributed by atoms with Crippen molar-refractivity contribution in [1.29, 1.82) is 0 Å². The van der Waals surface area contributed by atoms with Crippen molar-refractivity contribution in [3.63, 3.8) is 0 Å². The Kier molecular flexibility index (Phi) is 8.33. The highest BCUT2D eigenvalue weighted by molar-refractivity contribution is 7.17. The van der Waals surface area contributed by atoms with Crippen LogP contribution in [0.1, 0.15) is 47.6 Å². The summed E-state index contributed by atoms with van der Waals surface area (Å²) in [5.74, 6) is -0.474. The Morgan fingerprint density at radius 3 is 1.88 bits per heavy atom. The van der Waals surface area contributed by atoms with Crippen LogP contribution >= 0.6 is 22.7 Å². The van der Waals surface area contributed by atoms with Gasteiger partial charge in [-0.2, -0.15) is 0 Å². The second-order valence-electron chi connectivity index (χ2n) is 6.81. The van der Waals surface area contributed by atoms with E-state index in [-0.39, 0.29) is 17.4 Å². The number of ketones is 1. The van der Waals surface area contributed by atoms with Crippen molar-refractivity contribution in [2.45, 2.75) is 32.8 Å². The molecule has 0 bridgehead atoms. The van der Waals surface area contributed by atoms with Crippen molar-refractivity contribution in [2.24, 2.45) is 0 Å². The lowest BCUT2D eigenvalue weighted by molar-refractivity contribution is 0.0988. The minimum atomic E-state index is -0.501. The SMILES string of the molecule is CCC(=O)c1ncc(-c2ccc(F)cc2)s1.CCC(O)c1ncc(-c2ccc(F)cc2)s1. The topological polar surface area (TPSA) is 63.1 Å². The third kappa shape index (κ3) is 6.12. The first-order valence-corrected chi connectivity index (χ1v) is 11.7. The Balaban J connectivity index is 0.000000181. The summed E-state index contributed by atoms with van der Waals surface area (Å²) >= 11 is 2.78. The number of thiazole rings is 2. The lowest BCUT2D eigenvalue weighted by Crippen LogP contribution is -1.93. The molecular formula is C24H22F2N2O2S2. The van der Waals surface area contributed by atoms with Gasteiger partial charge in [-0.05, 0) is 41.8 Å². The second kappa shape index (κ2) is 11.2. The van der Waals surface area contributed by atoms with Crippen LogP contribution in [0.4, 0.5) is 8.78 Å². The average molecular weight is 473 g/mol. The molecule has 32 heavy (non-hydrogen) atoms. The van der Waals surface area contributed by atoms with Crippen LogP contribution in [-0.4, -0.2) is 20.9 Å². The highest BCUT2D eigenvalue weighted by Crippen LogP contribution is 2.30. The third-order valence-electron chi connectivity index (χ3n) is 4.52. The van der Waals surface area contributed by atoms with E-state index < -0.39 is 6.10 Å². The highest BCUT2D eigenvalue weighted by atomic mass is 32.1. The van der Waals surface area contributed by atoms with E-state index in [9.17, 15) is 18.7 Å². The lowest BCUT2D eigenvalue weighted by Gasteiger charge is -2.01. The van der Waals surface area contributed by atoms with Crippen LogP contribution in [0, 0.1) is 11.6 Å². The molecule has 1 N–H and O–H groups in total. The summed E-state index contributed by atoms with van der Waals surface area (Å²) in [6.45, 7) is 3.71. The summed E-state index contributed by atoms with van der Waals surface area (Å²) in [6.07, 6.45) is 3.97. The Labute approximate surface area is 193 Å². The predicted molar refractivity (Wildman–Crippen MR) is 125 cm³/mol. The van der Waals surface area contributed by atoms with Gasteiger partial charge in [-0.1, -0.05) is 38.1 Å². The molecular weight excluding hydrogens is 450 g/mol. The normalized spacial score (nSPS) is 11.5. The van der Waals surface area contributed by atoms with Crippen LogP contribution in [0.25, 0.3) is 20.9 Å². The zero-order valence-electron chi connectivity index (χ0n) is 17.6. The number of rotatable bonds is 6. The van der Waals surface area contributed by atoms with Gasteiger partial charge in [0.05, 0.1) is 9.75 Å². The zero-order chi connectivity index (χ0) is 23.1. The Bertz CT molecular complexity index is 1160. The molecule has 0 saturated carbocycles.